The molecule has 0 atom stereocenters. The molecule has 1 aromatic rings. The maximum atomic E-state index is 11.8. The predicted octanol–water partition coefficient (Wildman–Crippen LogP) is 2.78. The molecule has 0 heterocycles. The van der Waals surface area contributed by atoms with E-state index in [1.54, 1.807) is 25.3 Å². The second-order valence-corrected chi connectivity index (χ2v) is 4.70. The van der Waals surface area contributed by atoms with Gasteiger partial charge >= 0.3 is 0 Å². The minimum absolute atomic E-state index is 0.0372. The van der Waals surface area contributed by atoms with Gasteiger partial charge in [0.05, 0.1) is 18.7 Å². The second-order valence-electron chi connectivity index (χ2n) is 4.30. The van der Waals surface area contributed by atoms with E-state index in [4.69, 9.17) is 16.3 Å². The van der Waals surface area contributed by atoms with Gasteiger partial charge in [0.15, 0.2) is 5.78 Å². The standard InChI is InChI=1S/C13H18ClNO2/c1-9(2)7-15-8-12(16)10-4-5-13(17-3)11(14)6-10/h4-6,9,15H,7-8H2,1-3H3. The summed E-state index contributed by atoms with van der Waals surface area (Å²) in [7, 11) is 1.55. The number of rotatable bonds is 6. The number of nitrogens with one attached hydrogen (secondary N) is 1. The highest BCUT2D eigenvalue weighted by Crippen LogP contribution is 2.24. The van der Waals surface area contributed by atoms with Crippen LogP contribution >= 0.6 is 11.6 Å². The molecule has 0 aliphatic carbocycles. The summed E-state index contributed by atoms with van der Waals surface area (Å²) >= 11 is 5.96. The van der Waals surface area contributed by atoms with Crippen LogP contribution in [0, 0.1) is 5.92 Å². The van der Waals surface area contributed by atoms with Crippen molar-refractivity contribution in [1.29, 1.82) is 0 Å². The van der Waals surface area contributed by atoms with Crippen molar-refractivity contribution in [2.75, 3.05) is 20.2 Å². The first-order valence-electron chi connectivity index (χ1n) is 5.62. The molecule has 0 saturated carbocycles. The summed E-state index contributed by atoms with van der Waals surface area (Å²) in [4.78, 5) is 11.8. The van der Waals surface area contributed by atoms with Crippen molar-refractivity contribution >= 4 is 17.4 Å². The topological polar surface area (TPSA) is 38.3 Å². The van der Waals surface area contributed by atoms with Crippen molar-refractivity contribution in [3.63, 3.8) is 0 Å². The fourth-order valence-electron chi connectivity index (χ4n) is 1.42. The molecule has 4 heteroatoms. The second kappa shape index (κ2) is 6.62. The minimum Gasteiger partial charge on any atom is -0.495 e. The molecule has 0 aliphatic heterocycles. The molecule has 0 fully saturated rings. The maximum Gasteiger partial charge on any atom is 0.176 e. The van der Waals surface area contributed by atoms with E-state index < -0.39 is 0 Å². The van der Waals surface area contributed by atoms with E-state index in [2.05, 4.69) is 19.2 Å². The van der Waals surface area contributed by atoms with E-state index in [-0.39, 0.29) is 5.78 Å². The summed E-state index contributed by atoms with van der Waals surface area (Å²) in [5.41, 5.74) is 0.604. The smallest absolute Gasteiger partial charge is 0.176 e. The quantitative estimate of drug-likeness (QED) is 0.795. The Labute approximate surface area is 107 Å². The van der Waals surface area contributed by atoms with E-state index in [1.165, 1.54) is 0 Å². The first kappa shape index (κ1) is 14.0. The molecule has 0 aromatic heterocycles. The van der Waals surface area contributed by atoms with Crippen LogP contribution in [-0.2, 0) is 0 Å². The van der Waals surface area contributed by atoms with Gasteiger partial charge in [0.1, 0.15) is 5.75 Å². The molecule has 0 aliphatic rings. The molecule has 0 unspecified atom stereocenters. The Kier molecular flexibility index (Phi) is 5.45. The van der Waals surface area contributed by atoms with Gasteiger partial charge in [0.25, 0.3) is 0 Å². The molecule has 0 bridgehead atoms. The Bertz CT molecular complexity index is 391. The van der Waals surface area contributed by atoms with E-state index >= 15 is 0 Å². The summed E-state index contributed by atoms with van der Waals surface area (Å²) < 4.78 is 5.03. The molecular weight excluding hydrogens is 238 g/mol. The maximum absolute atomic E-state index is 11.8. The number of hydrogen-bond acceptors (Lipinski definition) is 3. The van der Waals surface area contributed by atoms with Crippen molar-refractivity contribution in [3.05, 3.63) is 28.8 Å². The SMILES string of the molecule is COc1ccc(C(=O)CNCC(C)C)cc1Cl. The molecule has 17 heavy (non-hydrogen) atoms. The van der Waals surface area contributed by atoms with Gasteiger partial charge in [-0.3, -0.25) is 4.79 Å². The molecule has 3 nitrogen and oxygen atoms in total. The van der Waals surface area contributed by atoms with Gasteiger partial charge < -0.3 is 10.1 Å². The molecule has 0 amide bonds. The number of ketones is 1. The van der Waals surface area contributed by atoms with Gasteiger partial charge in [0, 0.05) is 5.56 Å². The highest BCUT2D eigenvalue weighted by molar-refractivity contribution is 6.32. The average molecular weight is 256 g/mol. The lowest BCUT2D eigenvalue weighted by molar-refractivity contribution is 0.0990. The lowest BCUT2D eigenvalue weighted by atomic mass is 10.1. The van der Waals surface area contributed by atoms with Crippen LogP contribution in [-0.4, -0.2) is 26.0 Å². The zero-order chi connectivity index (χ0) is 12.8. The van der Waals surface area contributed by atoms with Crippen LogP contribution in [0.3, 0.4) is 0 Å². The van der Waals surface area contributed by atoms with Crippen LogP contribution < -0.4 is 10.1 Å². The number of benzene rings is 1. The number of carbonyl (C=O) groups is 1. The molecule has 1 N–H and O–H groups in total. The van der Waals surface area contributed by atoms with Gasteiger partial charge in [-0.05, 0) is 30.7 Å². The number of carbonyl (C=O) groups excluding carboxylic acids is 1. The number of ether oxygens (including phenoxy) is 1. The summed E-state index contributed by atoms with van der Waals surface area (Å²) in [5, 5.41) is 3.57. The van der Waals surface area contributed by atoms with Crippen molar-refractivity contribution < 1.29 is 9.53 Å². The normalized spacial score (nSPS) is 10.6. The van der Waals surface area contributed by atoms with Crippen LogP contribution in [0.2, 0.25) is 5.02 Å². The molecule has 0 saturated heterocycles. The molecule has 0 radical (unpaired) electrons. The van der Waals surface area contributed by atoms with E-state index in [9.17, 15) is 4.79 Å². The summed E-state index contributed by atoms with van der Waals surface area (Å²) in [5.74, 6) is 1.15. The Morgan fingerprint density at radius 3 is 2.71 bits per heavy atom. The molecule has 1 aromatic carbocycles. The zero-order valence-corrected chi connectivity index (χ0v) is 11.2. The Morgan fingerprint density at radius 1 is 1.47 bits per heavy atom. The fraction of sp³-hybridized carbons (Fsp3) is 0.462. The van der Waals surface area contributed by atoms with Gasteiger partial charge in [-0.15, -0.1) is 0 Å². The molecular formula is C13H18ClNO2. The third-order valence-corrected chi connectivity index (χ3v) is 2.61. The minimum atomic E-state index is 0.0372. The number of methoxy groups -OCH3 is 1. The lowest BCUT2D eigenvalue weighted by Crippen LogP contribution is -2.26. The zero-order valence-electron chi connectivity index (χ0n) is 10.4. The van der Waals surface area contributed by atoms with Crippen LogP contribution in [0.15, 0.2) is 18.2 Å². The van der Waals surface area contributed by atoms with E-state index in [0.29, 0.717) is 28.8 Å². The highest BCUT2D eigenvalue weighted by Gasteiger charge is 2.08. The summed E-state index contributed by atoms with van der Waals surface area (Å²) in [6.07, 6.45) is 0. The molecule has 0 spiro atoms. The van der Waals surface area contributed by atoms with Gasteiger partial charge in [-0.1, -0.05) is 25.4 Å². The van der Waals surface area contributed by atoms with E-state index in [0.717, 1.165) is 6.54 Å². The monoisotopic (exact) mass is 255 g/mol. The fourth-order valence-corrected chi connectivity index (χ4v) is 1.67. The average Bonchev–Trinajstić information content (AvgIpc) is 2.28. The number of hydrogen-bond donors (Lipinski definition) is 1. The van der Waals surface area contributed by atoms with Crippen LogP contribution in [0.5, 0.6) is 5.75 Å². The summed E-state index contributed by atoms with van der Waals surface area (Å²) in [6.45, 7) is 5.36. The Balaban J connectivity index is 2.60. The van der Waals surface area contributed by atoms with Crippen molar-refractivity contribution in [2.24, 2.45) is 5.92 Å². The van der Waals surface area contributed by atoms with Crippen molar-refractivity contribution in [1.82, 2.24) is 5.32 Å². The Morgan fingerprint density at radius 2 is 2.18 bits per heavy atom. The highest BCUT2D eigenvalue weighted by atomic mass is 35.5. The third-order valence-electron chi connectivity index (χ3n) is 2.31. The third kappa shape index (κ3) is 4.36. The predicted molar refractivity (Wildman–Crippen MR) is 70.0 cm³/mol. The van der Waals surface area contributed by atoms with Crippen molar-refractivity contribution in [2.45, 2.75) is 13.8 Å². The first-order valence-corrected chi connectivity index (χ1v) is 6.00. The Hall–Kier alpha value is -1.06. The van der Waals surface area contributed by atoms with Crippen LogP contribution in [0.4, 0.5) is 0 Å². The van der Waals surface area contributed by atoms with E-state index in [1.807, 2.05) is 0 Å². The number of Topliss-reactive ketones (excluding diaryl/α,β-unsaturated/α-hetero) is 1. The van der Waals surface area contributed by atoms with Crippen LogP contribution in [0.25, 0.3) is 0 Å². The van der Waals surface area contributed by atoms with Gasteiger partial charge in [-0.2, -0.15) is 0 Å². The first-order chi connectivity index (χ1) is 8.04. The van der Waals surface area contributed by atoms with Gasteiger partial charge in [-0.25, -0.2) is 0 Å². The molecule has 1 rings (SSSR count). The molecule has 94 valence electrons. The van der Waals surface area contributed by atoms with Crippen molar-refractivity contribution in [3.8, 4) is 5.75 Å². The van der Waals surface area contributed by atoms with Crippen LogP contribution in [0.1, 0.15) is 24.2 Å². The lowest BCUT2D eigenvalue weighted by Gasteiger charge is -2.08. The number of halogens is 1. The summed E-state index contributed by atoms with van der Waals surface area (Å²) in [6, 6.07) is 5.07. The largest absolute Gasteiger partial charge is 0.495 e. The van der Waals surface area contributed by atoms with Gasteiger partial charge in [0.2, 0.25) is 0 Å².